The number of aliphatic hydroxyl groups is 1. The van der Waals surface area contributed by atoms with Gasteiger partial charge < -0.3 is 29.1 Å². The Morgan fingerprint density at radius 3 is 2.41 bits per heavy atom. The summed E-state index contributed by atoms with van der Waals surface area (Å²) in [6.07, 6.45) is 2.81. The van der Waals surface area contributed by atoms with Gasteiger partial charge in [0.2, 0.25) is 0 Å². The third-order valence-electron chi connectivity index (χ3n) is 7.42. The average molecular weight is 567 g/mol. The average Bonchev–Trinajstić information content (AvgIpc) is 3.22. The first kappa shape index (κ1) is 32.0. The van der Waals surface area contributed by atoms with E-state index in [0.29, 0.717) is 60.6 Å². The van der Waals surface area contributed by atoms with Gasteiger partial charge >= 0.3 is 0 Å². The van der Waals surface area contributed by atoms with Crippen molar-refractivity contribution in [3.63, 3.8) is 0 Å². The molecule has 0 saturated carbocycles. The molecule has 0 radical (unpaired) electrons. The molecule has 1 saturated heterocycles. The lowest BCUT2D eigenvalue weighted by molar-refractivity contribution is -0.140. The predicted molar refractivity (Wildman–Crippen MR) is 162 cm³/mol. The number of aliphatic hydroxyl groups excluding tert-OH is 1. The van der Waals surface area contributed by atoms with Crippen molar-refractivity contribution in [2.45, 2.75) is 59.9 Å². The molecule has 1 amide bonds. The number of hydrogen-bond donors (Lipinski definition) is 1. The number of unbranched alkanes of at least 4 members (excludes halogenated alkanes) is 1. The Hall–Kier alpha value is -3.52. The van der Waals surface area contributed by atoms with Gasteiger partial charge in [-0.1, -0.05) is 59.2 Å². The number of benzene rings is 2. The van der Waals surface area contributed by atoms with Gasteiger partial charge in [-0.25, -0.2) is 0 Å². The van der Waals surface area contributed by atoms with Crippen LogP contribution in [-0.4, -0.2) is 73.1 Å². The zero-order valence-electron chi connectivity index (χ0n) is 25.4. The van der Waals surface area contributed by atoms with Crippen LogP contribution >= 0.6 is 0 Å². The largest absolute Gasteiger partial charge is 0.507 e. The number of carbonyl (C=O) groups is 2. The van der Waals surface area contributed by atoms with E-state index in [1.54, 1.807) is 42.3 Å². The van der Waals surface area contributed by atoms with Gasteiger partial charge in [-0.2, -0.15) is 0 Å². The molecule has 0 bridgehead atoms. The molecule has 1 aliphatic heterocycles. The first-order chi connectivity index (χ1) is 19.7. The second kappa shape index (κ2) is 15.5. The van der Waals surface area contributed by atoms with E-state index in [4.69, 9.17) is 14.2 Å². The zero-order chi connectivity index (χ0) is 29.9. The van der Waals surface area contributed by atoms with E-state index in [-0.39, 0.29) is 11.3 Å². The highest BCUT2D eigenvalue weighted by Crippen LogP contribution is 2.42. The van der Waals surface area contributed by atoms with Crippen LogP contribution in [0.4, 0.5) is 0 Å². The Kier molecular flexibility index (Phi) is 12.1. The summed E-state index contributed by atoms with van der Waals surface area (Å²) in [6.45, 7) is 14.2. The van der Waals surface area contributed by atoms with Crippen LogP contribution in [0, 0.1) is 5.92 Å². The molecule has 1 N–H and O–H groups in total. The number of Topliss-reactive ketones (excluding diaryl/α,β-unsaturated/α-hetero) is 1. The Morgan fingerprint density at radius 2 is 1.76 bits per heavy atom. The Balaban J connectivity index is 2.07. The van der Waals surface area contributed by atoms with Gasteiger partial charge in [0, 0.05) is 18.7 Å². The molecule has 41 heavy (non-hydrogen) atoms. The topological polar surface area (TPSA) is 88.5 Å². The lowest BCUT2D eigenvalue weighted by atomic mass is 9.95. The Morgan fingerprint density at radius 1 is 1.00 bits per heavy atom. The smallest absolute Gasteiger partial charge is 0.295 e. The van der Waals surface area contributed by atoms with Gasteiger partial charge in [0.15, 0.2) is 11.5 Å². The van der Waals surface area contributed by atoms with Crippen molar-refractivity contribution in [3.05, 3.63) is 59.2 Å². The maximum atomic E-state index is 13.5. The molecule has 1 atom stereocenters. The summed E-state index contributed by atoms with van der Waals surface area (Å²) in [6, 6.07) is 11.7. The molecule has 8 heteroatoms. The third-order valence-corrected chi connectivity index (χ3v) is 7.42. The number of methoxy groups -OCH3 is 1. The number of nitrogens with zero attached hydrogens (tertiary/aromatic N) is 2. The van der Waals surface area contributed by atoms with Crippen LogP contribution in [0.15, 0.2) is 48.0 Å². The number of likely N-dealkylation sites (tertiary alicyclic amines) is 1. The molecule has 1 heterocycles. The van der Waals surface area contributed by atoms with Crippen LogP contribution in [0.1, 0.15) is 71.0 Å². The van der Waals surface area contributed by atoms with E-state index < -0.39 is 17.7 Å². The highest BCUT2D eigenvalue weighted by Gasteiger charge is 2.46. The van der Waals surface area contributed by atoms with E-state index in [1.807, 2.05) is 12.1 Å². The summed E-state index contributed by atoms with van der Waals surface area (Å²) in [5.74, 6) is 0.633. The molecular weight excluding hydrogens is 520 g/mol. The second-order valence-electron chi connectivity index (χ2n) is 10.7. The van der Waals surface area contributed by atoms with Gasteiger partial charge in [0.25, 0.3) is 11.7 Å². The standard InChI is InChI=1S/C33H46N2O6/c1-7-10-19-40-26-13-11-12-25(21-26)31(36)29-30(35(33(38)32(29)37)18-17-34(8-2)9-3)24-14-15-27(28(22-24)39-6)41-20-16-23(4)5/h11-15,21-23,30,36H,7-10,16-20H2,1-6H3. The fraction of sp³-hybridized carbons (Fsp3) is 0.515. The summed E-state index contributed by atoms with van der Waals surface area (Å²) in [5, 5.41) is 11.5. The molecular formula is C33H46N2O6. The molecule has 2 aromatic carbocycles. The third kappa shape index (κ3) is 8.03. The maximum Gasteiger partial charge on any atom is 0.295 e. The normalized spacial score (nSPS) is 16.6. The number of amides is 1. The van der Waals surface area contributed by atoms with Crippen molar-refractivity contribution < 1.29 is 28.9 Å². The fourth-order valence-electron chi connectivity index (χ4n) is 4.85. The van der Waals surface area contributed by atoms with Gasteiger partial charge in [-0.05, 0) is 61.7 Å². The lowest BCUT2D eigenvalue weighted by Crippen LogP contribution is -2.38. The highest BCUT2D eigenvalue weighted by molar-refractivity contribution is 6.46. The molecule has 2 aromatic rings. The fourth-order valence-corrected chi connectivity index (χ4v) is 4.85. The first-order valence-corrected chi connectivity index (χ1v) is 14.8. The summed E-state index contributed by atoms with van der Waals surface area (Å²) in [7, 11) is 1.57. The maximum absolute atomic E-state index is 13.5. The van der Waals surface area contributed by atoms with Gasteiger partial charge in [0.05, 0.1) is 31.9 Å². The summed E-state index contributed by atoms with van der Waals surface area (Å²) in [4.78, 5) is 30.7. The van der Waals surface area contributed by atoms with Crippen molar-refractivity contribution in [2.24, 2.45) is 5.92 Å². The Labute approximate surface area is 244 Å². The molecule has 1 fully saturated rings. The van der Waals surface area contributed by atoms with Crippen LogP contribution in [0.25, 0.3) is 5.76 Å². The minimum atomic E-state index is -0.783. The minimum absolute atomic E-state index is 0.0517. The number of ketones is 1. The van der Waals surface area contributed by atoms with E-state index in [9.17, 15) is 14.7 Å². The lowest BCUT2D eigenvalue weighted by Gasteiger charge is -2.28. The number of carbonyl (C=O) groups excluding carboxylic acids is 2. The van der Waals surface area contributed by atoms with E-state index >= 15 is 0 Å². The molecule has 1 unspecified atom stereocenters. The van der Waals surface area contributed by atoms with Gasteiger partial charge in [-0.3, -0.25) is 9.59 Å². The quantitative estimate of drug-likeness (QED) is 0.114. The molecule has 3 rings (SSSR count). The molecule has 0 aromatic heterocycles. The minimum Gasteiger partial charge on any atom is -0.507 e. The van der Waals surface area contributed by atoms with Crippen molar-refractivity contribution in [2.75, 3.05) is 46.5 Å². The van der Waals surface area contributed by atoms with Crippen molar-refractivity contribution in [1.82, 2.24) is 9.80 Å². The van der Waals surface area contributed by atoms with Crippen molar-refractivity contribution in [3.8, 4) is 17.2 Å². The number of ether oxygens (including phenoxy) is 3. The van der Waals surface area contributed by atoms with Gasteiger partial charge in [-0.15, -0.1) is 0 Å². The molecule has 224 valence electrons. The second-order valence-corrected chi connectivity index (χ2v) is 10.7. The molecule has 0 aliphatic carbocycles. The summed E-state index contributed by atoms with van der Waals surface area (Å²) in [5.41, 5.74) is 1.14. The van der Waals surface area contributed by atoms with Gasteiger partial charge in [0.1, 0.15) is 11.5 Å². The molecule has 1 aliphatic rings. The number of likely N-dealkylation sites (N-methyl/N-ethyl adjacent to an activating group) is 1. The SMILES string of the molecule is CCCCOc1cccc(C(O)=C2C(=O)C(=O)N(CCN(CC)CC)C2c2ccc(OCCC(C)C)c(OC)c2)c1. The van der Waals surface area contributed by atoms with Crippen LogP contribution in [0.2, 0.25) is 0 Å². The van der Waals surface area contributed by atoms with Crippen molar-refractivity contribution in [1.29, 1.82) is 0 Å². The first-order valence-electron chi connectivity index (χ1n) is 14.8. The van der Waals surface area contributed by atoms with E-state index in [0.717, 1.165) is 32.4 Å². The molecule has 0 spiro atoms. The van der Waals surface area contributed by atoms with Crippen LogP contribution in [0.5, 0.6) is 17.2 Å². The predicted octanol–water partition coefficient (Wildman–Crippen LogP) is 6.06. The van der Waals surface area contributed by atoms with Crippen LogP contribution in [-0.2, 0) is 9.59 Å². The number of rotatable bonds is 16. The zero-order valence-corrected chi connectivity index (χ0v) is 25.4. The highest BCUT2D eigenvalue weighted by atomic mass is 16.5. The summed E-state index contributed by atoms with van der Waals surface area (Å²) >= 11 is 0. The van der Waals surface area contributed by atoms with Crippen LogP contribution in [0.3, 0.4) is 0 Å². The monoisotopic (exact) mass is 566 g/mol. The summed E-state index contributed by atoms with van der Waals surface area (Å²) < 4.78 is 17.5. The van der Waals surface area contributed by atoms with Crippen LogP contribution < -0.4 is 14.2 Å². The van der Waals surface area contributed by atoms with E-state index in [2.05, 4.69) is 39.5 Å². The molecule has 8 nitrogen and oxygen atoms in total. The Bertz CT molecular complexity index is 1200. The van der Waals surface area contributed by atoms with Crippen molar-refractivity contribution >= 4 is 17.4 Å². The number of hydrogen-bond acceptors (Lipinski definition) is 7. The van der Waals surface area contributed by atoms with E-state index in [1.165, 1.54) is 0 Å².